The Morgan fingerprint density at radius 1 is 1.33 bits per heavy atom. The van der Waals surface area contributed by atoms with E-state index in [-0.39, 0.29) is 5.91 Å². The summed E-state index contributed by atoms with van der Waals surface area (Å²) in [4.78, 5) is 16.1. The molecule has 3 N–H and O–H groups in total. The van der Waals surface area contributed by atoms with Gasteiger partial charge in [-0.25, -0.2) is 4.98 Å². The minimum Gasteiger partial charge on any atom is -0.352 e. The van der Waals surface area contributed by atoms with Gasteiger partial charge in [-0.1, -0.05) is 13.0 Å². The first kappa shape index (κ1) is 15.9. The molecule has 1 aromatic carbocycles. The number of allylic oxidation sites excluding steroid dienone is 1. The van der Waals surface area contributed by atoms with E-state index in [2.05, 4.69) is 30.7 Å². The monoisotopic (exact) mass is 324 g/mol. The number of carbonyl (C=O) groups excluding carboxylic acids is 1. The first-order chi connectivity index (χ1) is 11.7. The topological polar surface area (TPSA) is 99.3 Å². The molecule has 7 nitrogen and oxygen atoms in total. The molecule has 0 bridgehead atoms. The van der Waals surface area contributed by atoms with Crippen molar-refractivity contribution in [2.45, 2.75) is 26.7 Å². The lowest BCUT2D eigenvalue weighted by molar-refractivity contribution is -0.117. The Labute approximate surface area is 139 Å². The Balaban J connectivity index is 1.82. The highest BCUT2D eigenvalue weighted by Crippen LogP contribution is 2.23. The van der Waals surface area contributed by atoms with E-state index in [9.17, 15) is 4.79 Å². The predicted molar refractivity (Wildman–Crippen MR) is 92.2 cm³/mol. The van der Waals surface area contributed by atoms with E-state index < -0.39 is 0 Å². The van der Waals surface area contributed by atoms with Crippen LogP contribution in [0.5, 0.6) is 0 Å². The number of benzene rings is 1. The lowest BCUT2D eigenvalue weighted by atomic mass is 10.1. The fourth-order valence-electron chi connectivity index (χ4n) is 2.44. The van der Waals surface area contributed by atoms with Crippen molar-refractivity contribution in [2.24, 2.45) is 0 Å². The van der Waals surface area contributed by atoms with Gasteiger partial charge in [-0.15, -0.1) is 0 Å². The lowest BCUT2D eigenvalue weighted by Gasteiger charge is -2.03. The van der Waals surface area contributed by atoms with Gasteiger partial charge in [0.1, 0.15) is 6.33 Å². The summed E-state index contributed by atoms with van der Waals surface area (Å²) in [5, 5.41) is 18.0. The van der Waals surface area contributed by atoms with Crippen molar-refractivity contribution < 1.29 is 4.79 Å². The van der Waals surface area contributed by atoms with Crippen molar-refractivity contribution >= 4 is 16.8 Å². The number of carbonyl (C=O) groups is 1. The molecule has 1 amide bonds. The summed E-state index contributed by atoms with van der Waals surface area (Å²) in [6, 6.07) is 5.92. The van der Waals surface area contributed by atoms with Gasteiger partial charge in [-0.2, -0.15) is 10.2 Å². The molecule has 0 aliphatic rings. The van der Waals surface area contributed by atoms with E-state index in [1.165, 1.54) is 6.33 Å². The van der Waals surface area contributed by atoms with Crippen LogP contribution in [-0.2, 0) is 11.2 Å². The lowest BCUT2D eigenvalue weighted by Crippen LogP contribution is -2.24. The standard InChI is InChI=1S/C17H20N6O/c1-3-8-18-17(24)11(2)4-6-14-13-9-12(16-19-10-20-23-16)5-7-15(13)22-21-14/h4-5,7,9-10H,3,6,8H2,1-2H3,(H,18,24)(H,21,22)(H,19,20,23)/b11-4+. The van der Waals surface area contributed by atoms with Crippen LogP contribution >= 0.6 is 0 Å². The zero-order valence-electron chi connectivity index (χ0n) is 13.8. The number of H-pyrrole nitrogens is 2. The van der Waals surface area contributed by atoms with Gasteiger partial charge >= 0.3 is 0 Å². The van der Waals surface area contributed by atoms with Gasteiger partial charge in [-0.3, -0.25) is 15.0 Å². The fourth-order valence-corrected chi connectivity index (χ4v) is 2.44. The fraction of sp³-hybridized carbons (Fsp3) is 0.294. The van der Waals surface area contributed by atoms with Gasteiger partial charge in [-0.05, 0) is 31.5 Å². The van der Waals surface area contributed by atoms with Crippen LogP contribution in [0, 0.1) is 0 Å². The average Bonchev–Trinajstić information content (AvgIpc) is 3.26. The number of hydrogen-bond acceptors (Lipinski definition) is 4. The summed E-state index contributed by atoms with van der Waals surface area (Å²) in [7, 11) is 0. The number of nitrogens with zero attached hydrogens (tertiary/aromatic N) is 3. The molecule has 3 aromatic rings. The Morgan fingerprint density at radius 2 is 2.21 bits per heavy atom. The third-order valence-electron chi connectivity index (χ3n) is 3.83. The summed E-state index contributed by atoms with van der Waals surface area (Å²) < 4.78 is 0. The second kappa shape index (κ2) is 7.08. The number of nitrogens with one attached hydrogen (secondary N) is 3. The van der Waals surface area contributed by atoms with E-state index in [1.807, 2.05) is 38.1 Å². The molecule has 7 heteroatoms. The zero-order valence-corrected chi connectivity index (χ0v) is 13.8. The van der Waals surface area contributed by atoms with E-state index in [4.69, 9.17) is 0 Å². The van der Waals surface area contributed by atoms with Crippen LogP contribution in [0.1, 0.15) is 26.0 Å². The molecule has 2 aromatic heterocycles. The maximum Gasteiger partial charge on any atom is 0.246 e. The summed E-state index contributed by atoms with van der Waals surface area (Å²) >= 11 is 0. The molecule has 0 radical (unpaired) electrons. The molecule has 0 saturated heterocycles. The van der Waals surface area contributed by atoms with Crippen molar-refractivity contribution in [2.75, 3.05) is 6.54 Å². The molecule has 3 rings (SSSR count). The van der Waals surface area contributed by atoms with Crippen LogP contribution in [0.3, 0.4) is 0 Å². The number of amides is 1. The largest absolute Gasteiger partial charge is 0.352 e. The van der Waals surface area contributed by atoms with Crippen molar-refractivity contribution in [3.05, 3.63) is 41.9 Å². The number of fused-ring (bicyclic) bond motifs is 1. The third-order valence-corrected chi connectivity index (χ3v) is 3.83. The third kappa shape index (κ3) is 3.34. The zero-order chi connectivity index (χ0) is 16.9. The second-order valence-electron chi connectivity index (χ2n) is 5.62. The molecule has 0 spiro atoms. The van der Waals surface area contributed by atoms with Crippen molar-refractivity contribution in [1.82, 2.24) is 30.7 Å². The number of aromatic nitrogens is 5. The highest BCUT2D eigenvalue weighted by atomic mass is 16.1. The van der Waals surface area contributed by atoms with Gasteiger partial charge in [0.2, 0.25) is 5.91 Å². The smallest absolute Gasteiger partial charge is 0.246 e. The van der Waals surface area contributed by atoms with Crippen LogP contribution in [0.4, 0.5) is 0 Å². The minimum absolute atomic E-state index is 0.0250. The van der Waals surface area contributed by atoms with Crippen LogP contribution in [0.25, 0.3) is 22.3 Å². The maximum atomic E-state index is 11.9. The molecule has 0 fully saturated rings. The first-order valence-electron chi connectivity index (χ1n) is 7.96. The SMILES string of the molecule is CCCNC(=O)/C(C)=C/Cc1[nH]nc2ccc(-c3ncn[nH]3)cc12. The number of hydrogen-bond donors (Lipinski definition) is 3. The van der Waals surface area contributed by atoms with Crippen LogP contribution < -0.4 is 5.32 Å². The Kier molecular flexibility index (Phi) is 4.69. The molecule has 0 aliphatic heterocycles. The van der Waals surface area contributed by atoms with Gasteiger partial charge < -0.3 is 5.32 Å². The first-order valence-corrected chi connectivity index (χ1v) is 7.96. The van der Waals surface area contributed by atoms with Crippen LogP contribution in [0.2, 0.25) is 0 Å². The summed E-state index contributed by atoms with van der Waals surface area (Å²) in [6.45, 7) is 4.54. The highest BCUT2D eigenvalue weighted by Gasteiger charge is 2.09. The minimum atomic E-state index is -0.0250. The molecule has 0 atom stereocenters. The van der Waals surface area contributed by atoms with Gasteiger partial charge in [0.05, 0.1) is 5.52 Å². The molecule has 2 heterocycles. The van der Waals surface area contributed by atoms with Gasteiger partial charge in [0, 0.05) is 35.2 Å². The second-order valence-corrected chi connectivity index (χ2v) is 5.62. The quantitative estimate of drug-likeness (QED) is 0.606. The highest BCUT2D eigenvalue weighted by molar-refractivity contribution is 5.93. The average molecular weight is 324 g/mol. The molecular formula is C17H20N6O. The Morgan fingerprint density at radius 3 is 2.96 bits per heavy atom. The summed E-state index contributed by atoms with van der Waals surface area (Å²) in [5.74, 6) is 0.692. The molecule has 0 saturated carbocycles. The summed E-state index contributed by atoms with van der Waals surface area (Å²) in [5.41, 5.74) is 3.50. The van der Waals surface area contributed by atoms with Crippen molar-refractivity contribution in [3.63, 3.8) is 0 Å². The Hall–Kier alpha value is -2.96. The number of aromatic amines is 2. The van der Waals surface area contributed by atoms with Crippen molar-refractivity contribution in [3.8, 4) is 11.4 Å². The molecule has 0 aliphatic carbocycles. The van der Waals surface area contributed by atoms with E-state index in [0.717, 1.165) is 34.4 Å². The van der Waals surface area contributed by atoms with E-state index in [0.29, 0.717) is 18.5 Å². The summed E-state index contributed by atoms with van der Waals surface area (Å²) in [6.07, 6.45) is 4.94. The van der Waals surface area contributed by atoms with E-state index >= 15 is 0 Å². The van der Waals surface area contributed by atoms with E-state index in [1.54, 1.807) is 0 Å². The predicted octanol–water partition coefficient (Wildman–Crippen LogP) is 2.36. The van der Waals surface area contributed by atoms with Crippen LogP contribution in [0.15, 0.2) is 36.2 Å². The molecular weight excluding hydrogens is 304 g/mol. The number of rotatable bonds is 6. The van der Waals surface area contributed by atoms with Gasteiger partial charge in [0.25, 0.3) is 0 Å². The van der Waals surface area contributed by atoms with Crippen molar-refractivity contribution in [1.29, 1.82) is 0 Å². The van der Waals surface area contributed by atoms with Gasteiger partial charge in [0.15, 0.2) is 5.82 Å². The molecule has 124 valence electrons. The van der Waals surface area contributed by atoms with Crippen LogP contribution in [-0.4, -0.2) is 37.8 Å². The Bertz CT molecular complexity index is 862. The maximum absolute atomic E-state index is 11.9. The molecule has 24 heavy (non-hydrogen) atoms. The normalized spacial score (nSPS) is 11.8. The molecule has 0 unspecified atom stereocenters.